The Hall–Kier alpha value is -2.82. The number of aliphatic hydroxyl groups is 1. The van der Waals surface area contributed by atoms with Crippen LogP contribution in [0.5, 0.6) is 5.75 Å². The lowest BCUT2D eigenvalue weighted by molar-refractivity contribution is -0.164. The number of rotatable bonds is 6. The summed E-state index contributed by atoms with van der Waals surface area (Å²) in [7, 11) is -2.38. The second-order valence-corrected chi connectivity index (χ2v) is 17.5. The van der Waals surface area contributed by atoms with Crippen molar-refractivity contribution < 1.29 is 33.0 Å². The first-order valence-electron chi connectivity index (χ1n) is 13.3. The minimum Gasteiger partial charge on any atom is -0.483 e. The Labute approximate surface area is 230 Å². The number of fused-ring (bicyclic) bond motifs is 2. The van der Waals surface area contributed by atoms with Gasteiger partial charge in [0.25, 0.3) is 0 Å². The van der Waals surface area contributed by atoms with Crippen molar-refractivity contribution in [3.8, 4) is 17.1 Å². The fourth-order valence-electron chi connectivity index (χ4n) is 5.24. The molecule has 10 heteroatoms. The smallest absolute Gasteiger partial charge is 0.351 e. The van der Waals surface area contributed by atoms with Crippen LogP contribution in [0.3, 0.4) is 0 Å². The van der Waals surface area contributed by atoms with E-state index in [2.05, 4.69) is 38.8 Å². The molecule has 4 rings (SSSR count). The minimum atomic E-state index is -2.38. The van der Waals surface area contributed by atoms with Crippen molar-refractivity contribution in [2.45, 2.75) is 89.8 Å². The Morgan fingerprint density at radius 1 is 1.23 bits per heavy atom. The Kier molecular flexibility index (Phi) is 7.46. The highest BCUT2D eigenvalue weighted by molar-refractivity contribution is 6.74. The molecule has 2 aromatic rings. The number of esters is 1. The largest absolute Gasteiger partial charge is 0.483 e. The van der Waals surface area contributed by atoms with Gasteiger partial charge in [-0.25, -0.2) is 4.79 Å². The molecule has 1 aliphatic heterocycles. The molecule has 39 heavy (non-hydrogen) atoms. The number of ether oxygens (including phenoxy) is 2. The summed E-state index contributed by atoms with van der Waals surface area (Å²) in [4.78, 5) is 42.7. The molecule has 0 saturated heterocycles. The fraction of sp³-hybridized carbons (Fsp3) is 0.586. The molecular weight excluding hydrogens is 518 g/mol. The van der Waals surface area contributed by atoms with E-state index in [0.29, 0.717) is 12.0 Å². The van der Waals surface area contributed by atoms with Crippen molar-refractivity contribution in [1.82, 2.24) is 4.98 Å². The van der Waals surface area contributed by atoms with Gasteiger partial charge in [-0.15, -0.1) is 0 Å². The standard InChI is InChI=1S/C29H39NO8Si/c1-17(31)35-16-28(5,34)19-12-20-25(32)24-22(14-21(36-26(24)33)18-10-9-11-30-15-18)37-29(20,6)23(13-19)38-39(7,8)27(2,3)4/h9-11,14-15,19-20,23,34H,12-13,16H2,1-8H3/t19-,20-,23?,28+,29-/m1/s1. The topological polar surface area (TPSA) is 125 Å². The number of aromatic nitrogens is 1. The highest BCUT2D eigenvalue weighted by atomic mass is 28.4. The van der Waals surface area contributed by atoms with Crippen LogP contribution < -0.4 is 10.4 Å². The number of ketones is 1. The fourth-order valence-corrected chi connectivity index (χ4v) is 6.64. The summed E-state index contributed by atoms with van der Waals surface area (Å²) in [5, 5.41) is 11.2. The van der Waals surface area contributed by atoms with E-state index >= 15 is 0 Å². The summed E-state index contributed by atoms with van der Waals surface area (Å²) >= 11 is 0. The molecule has 1 fully saturated rings. The van der Waals surface area contributed by atoms with E-state index in [1.54, 1.807) is 37.5 Å². The first-order chi connectivity index (χ1) is 18.0. The Balaban J connectivity index is 1.80. The van der Waals surface area contributed by atoms with Gasteiger partial charge in [-0.2, -0.15) is 0 Å². The first kappa shape index (κ1) is 29.2. The van der Waals surface area contributed by atoms with Gasteiger partial charge in [-0.3, -0.25) is 14.6 Å². The maximum Gasteiger partial charge on any atom is 0.351 e. The molecule has 212 valence electrons. The van der Waals surface area contributed by atoms with Gasteiger partial charge in [0.15, 0.2) is 14.1 Å². The van der Waals surface area contributed by atoms with Crippen molar-refractivity contribution in [3.63, 3.8) is 0 Å². The first-order valence-corrected chi connectivity index (χ1v) is 16.2. The summed E-state index contributed by atoms with van der Waals surface area (Å²) in [6, 6.07) is 5.05. The average Bonchev–Trinajstić information content (AvgIpc) is 2.82. The van der Waals surface area contributed by atoms with Crippen LogP contribution in [-0.2, 0) is 14.0 Å². The van der Waals surface area contributed by atoms with Crippen molar-refractivity contribution in [1.29, 1.82) is 0 Å². The zero-order valence-corrected chi connectivity index (χ0v) is 25.0. The van der Waals surface area contributed by atoms with Gasteiger partial charge in [-0.05, 0) is 62.9 Å². The van der Waals surface area contributed by atoms with E-state index < -0.39 is 54.8 Å². The third-order valence-corrected chi connectivity index (χ3v) is 13.3. The third-order valence-electron chi connectivity index (χ3n) is 8.79. The molecule has 0 aromatic carbocycles. The molecule has 9 nitrogen and oxygen atoms in total. The summed E-state index contributed by atoms with van der Waals surface area (Å²) in [5.74, 6) is -1.74. The van der Waals surface area contributed by atoms with Gasteiger partial charge >= 0.3 is 11.6 Å². The number of nitrogens with zero attached hydrogens (tertiary/aromatic N) is 1. The summed E-state index contributed by atoms with van der Waals surface area (Å²) < 4.78 is 24.2. The van der Waals surface area contributed by atoms with Gasteiger partial charge in [0.2, 0.25) is 0 Å². The monoisotopic (exact) mass is 557 g/mol. The molecule has 3 heterocycles. The van der Waals surface area contributed by atoms with Crippen LogP contribution in [0.15, 0.2) is 39.8 Å². The Morgan fingerprint density at radius 3 is 2.51 bits per heavy atom. The second-order valence-electron chi connectivity index (χ2n) is 12.8. The maximum atomic E-state index is 14.0. The SMILES string of the molecule is CC(=O)OC[C@](C)(O)[C@H]1CC(O[Si](C)(C)C(C)(C)C)[C@]2(C)Oc3cc(-c4cccnc4)oc(=O)c3C(=O)[C@H]2C1. The lowest BCUT2D eigenvalue weighted by Gasteiger charge is -2.55. The third kappa shape index (κ3) is 5.46. The van der Waals surface area contributed by atoms with Crippen LogP contribution in [0.4, 0.5) is 0 Å². The average molecular weight is 558 g/mol. The van der Waals surface area contributed by atoms with Gasteiger partial charge in [0.05, 0.1) is 17.6 Å². The van der Waals surface area contributed by atoms with Crippen molar-refractivity contribution in [3.05, 3.63) is 46.6 Å². The molecule has 2 aromatic heterocycles. The zero-order valence-electron chi connectivity index (χ0n) is 24.0. The van der Waals surface area contributed by atoms with Gasteiger partial charge in [0.1, 0.15) is 29.3 Å². The number of Topliss-reactive ketones (excluding diaryl/α,β-unsaturated/α-hetero) is 1. The molecule has 2 aliphatic rings. The van der Waals surface area contributed by atoms with Crippen LogP contribution in [0, 0.1) is 11.8 Å². The Morgan fingerprint density at radius 2 is 1.92 bits per heavy atom. The number of hydrogen-bond acceptors (Lipinski definition) is 9. The highest BCUT2D eigenvalue weighted by Crippen LogP contribution is 2.51. The van der Waals surface area contributed by atoms with Crippen LogP contribution in [0.25, 0.3) is 11.3 Å². The quantitative estimate of drug-likeness (QED) is 0.395. The number of hydrogen-bond donors (Lipinski definition) is 1. The summed E-state index contributed by atoms with van der Waals surface area (Å²) in [5.41, 5.74) is -2.86. The molecule has 0 radical (unpaired) electrons. The van der Waals surface area contributed by atoms with Crippen molar-refractivity contribution >= 4 is 20.1 Å². The molecule has 0 spiro atoms. The van der Waals surface area contributed by atoms with E-state index in [4.69, 9.17) is 18.3 Å². The molecule has 1 saturated carbocycles. The summed E-state index contributed by atoms with van der Waals surface area (Å²) in [6.07, 6.45) is 3.22. The molecule has 1 N–H and O–H groups in total. The maximum absolute atomic E-state index is 14.0. The molecule has 0 amide bonds. The number of carbonyl (C=O) groups is 2. The highest BCUT2D eigenvalue weighted by Gasteiger charge is 2.60. The molecule has 1 unspecified atom stereocenters. The van der Waals surface area contributed by atoms with Crippen LogP contribution in [-0.4, -0.2) is 54.1 Å². The van der Waals surface area contributed by atoms with Crippen molar-refractivity contribution in [2.24, 2.45) is 11.8 Å². The summed E-state index contributed by atoms with van der Waals surface area (Å²) in [6.45, 7) is 15.2. The van der Waals surface area contributed by atoms with E-state index in [1.807, 2.05) is 6.92 Å². The molecule has 1 aliphatic carbocycles. The van der Waals surface area contributed by atoms with Gasteiger partial charge in [0, 0.05) is 30.9 Å². The van der Waals surface area contributed by atoms with E-state index in [-0.39, 0.29) is 35.1 Å². The Bertz CT molecular complexity index is 1310. The predicted octanol–water partition coefficient (Wildman–Crippen LogP) is 4.77. The van der Waals surface area contributed by atoms with Crippen LogP contribution in [0.1, 0.15) is 64.7 Å². The van der Waals surface area contributed by atoms with E-state index in [1.165, 1.54) is 6.92 Å². The number of pyridine rings is 1. The predicted molar refractivity (Wildman–Crippen MR) is 147 cm³/mol. The molecule has 5 atom stereocenters. The van der Waals surface area contributed by atoms with E-state index in [0.717, 1.165) is 0 Å². The number of carbonyl (C=O) groups excluding carboxylic acids is 2. The van der Waals surface area contributed by atoms with E-state index in [9.17, 15) is 19.5 Å². The lowest BCUT2D eigenvalue weighted by Crippen LogP contribution is -2.65. The molecule has 0 bridgehead atoms. The van der Waals surface area contributed by atoms with Gasteiger partial charge in [-0.1, -0.05) is 20.8 Å². The van der Waals surface area contributed by atoms with Gasteiger partial charge < -0.3 is 23.4 Å². The van der Waals surface area contributed by atoms with Crippen molar-refractivity contribution in [2.75, 3.05) is 6.61 Å². The zero-order chi connectivity index (χ0) is 29.0. The lowest BCUT2D eigenvalue weighted by atomic mass is 9.62. The van der Waals surface area contributed by atoms with Crippen LogP contribution >= 0.6 is 0 Å². The molecular formula is C29H39NO8Si. The van der Waals surface area contributed by atoms with Crippen LogP contribution in [0.2, 0.25) is 18.1 Å². The normalized spacial score (nSPS) is 26.6. The minimum absolute atomic E-state index is 0.128. The second kappa shape index (κ2) is 9.98.